The SMILES string of the molecule is Cc1ccc(C[C@@H](C#N)Sc2nnc(-c3cccs3)n2Cc2ccccc2)cc1. The summed E-state index contributed by atoms with van der Waals surface area (Å²) in [5.41, 5.74) is 3.55. The van der Waals surface area contributed by atoms with Crippen molar-refractivity contribution in [3.05, 3.63) is 88.8 Å². The molecule has 4 aromatic rings. The molecule has 0 fully saturated rings. The molecule has 2 aromatic heterocycles. The van der Waals surface area contributed by atoms with Gasteiger partial charge in [0.1, 0.15) is 5.25 Å². The number of aromatic nitrogens is 3. The van der Waals surface area contributed by atoms with E-state index in [0.717, 1.165) is 21.4 Å². The Morgan fingerprint density at radius 2 is 1.79 bits per heavy atom. The van der Waals surface area contributed by atoms with Gasteiger partial charge in [-0.05, 0) is 35.9 Å². The van der Waals surface area contributed by atoms with Crippen LogP contribution < -0.4 is 0 Å². The molecule has 2 aromatic carbocycles. The van der Waals surface area contributed by atoms with Crippen molar-refractivity contribution >= 4 is 23.1 Å². The van der Waals surface area contributed by atoms with E-state index in [9.17, 15) is 5.26 Å². The monoisotopic (exact) mass is 416 g/mol. The second-order valence-electron chi connectivity index (χ2n) is 6.78. The Bertz CT molecular complexity index is 1090. The highest BCUT2D eigenvalue weighted by molar-refractivity contribution is 8.00. The molecule has 144 valence electrons. The van der Waals surface area contributed by atoms with Crippen LogP contribution in [0.2, 0.25) is 0 Å². The van der Waals surface area contributed by atoms with Crippen molar-refractivity contribution in [1.82, 2.24) is 14.8 Å². The molecule has 0 spiro atoms. The van der Waals surface area contributed by atoms with Gasteiger partial charge in [-0.1, -0.05) is 78.0 Å². The Morgan fingerprint density at radius 3 is 2.48 bits per heavy atom. The normalized spacial score (nSPS) is 11.9. The van der Waals surface area contributed by atoms with E-state index in [2.05, 4.69) is 70.2 Å². The molecule has 1 atom stereocenters. The maximum Gasteiger partial charge on any atom is 0.193 e. The number of nitriles is 1. The van der Waals surface area contributed by atoms with Crippen LogP contribution in [0.4, 0.5) is 0 Å². The maximum atomic E-state index is 9.75. The zero-order chi connectivity index (χ0) is 20.1. The number of benzene rings is 2. The van der Waals surface area contributed by atoms with E-state index in [0.29, 0.717) is 13.0 Å². The first kappa shape index (κ1) is 19.4. The summed E-state index contributed by atoms with van der Waals surface area (Å²) in [6.45, 7) is 2.74. The van der Waals surface area contributed by atoms with E-state index >= 15 is 0 Å². The van der Waals surface area contributed by atoms with Crippen molar-refractivity contribution < 1.29 is 0 Å². The minimum absolute atomic E-state index is 0.229. The highest BCUT2D eigenvalue weighted by atomic mass is 32.2. The number of rotatable bonds is 7. The predicted molar refractivity (Wildman–Crippen MR) is 119 cm³/mol. The van der Waals surface area contributed by atoms with Gasteiger partial charge in [0.25, 0.3) is 0 Å². The highest BCUT2D eigenvalue weighted by Gasteiger charge is 2.20. The van der Waals surface area contributed by atoms with Crippen molar-refractivity contribution in [2.24, 2.45) is 0 Å². The molecule has 0 amide bonds. The molecule has 0 unspecified atom stereocenters. The van der Waals surface area contributed by atoms with Crippen molar-refractivity contribution in [2.75, 3.05) is 0 Å². The van der Waals surface area contributed by atoms with Crippen LogP contribution in [0.25, 0.3) is 10.7 Å². The summed E-state index contributed by atoms with van der Waals surface area (Å²) in [4.78, 5) is 1.08. The lowest BCUT2D eigenvalue weighted by atomic mass is 10.1. The number of thiophene rings is 1. The Kier molecular flexibility index (Phi) is 6.09. The minimum atomic E-state index is -0.229. The Labute approximate surface area is 178 Å². The van der Waals surface area contributed by atoms with Gasteiger partial charge in [0.05, 0.1) is 17.5 Å². The van der Waals surface area contributed by atoms with Gasteiger partial charge in [0.2, 0.25) is 0 Å². The molecule has 2 heterocycles. The molecule has 6 heteroatoms. The average molecular weight is 417 g/mol. The molecule has 0 bridgehead atoms. The highest BCUT2D eigenvalue weighted by Crippen LogP contribution is 2.31. The summed E-state index contributed by atoms with van der Waals surface area (Å²) in [5.74, 6) is 0.846. The zero-order valence-electron chi connectivity index (χ0n) is 16.0. The van der Waals surface area contributed by atoms with E-state index in [1.807, 2.05) is 29.6 Å². The van der Waals surface area contributed by atoms with Crippen molar-refractivity contribution in [2.45, 2.75) is 30.3 Å². The summed E-state index contributed by atoms with van der Waals surface area (Å²) in [6.07, 6.45) is 0.675. The first-order valence-corrected chi connectivity index (χ1v) is 11.1. The Morgan fingerprint density at radius 1 is 1.00 bits per heavy atom. The maximum absolute atomic E-state index is 9.75. The number of nitrogens with zero attached hydrogens (tertiary/aromatic N) is 4. The van der Waals surface area contributed by atoms with Gasteiger partial charge in [-0.25, -0.2) is 0 Å². The number of hydrogen-bond donors (Lipinski definition) is 0. The molecular formula is C23H20N4S2. The molecular weight excluding hydrogens is 396 g/mol. The van der Waals surface area contributed by atoms with Crippen LogP contribution in [-0.2, 0) is 13.0 Å². The molecule has 4 nitrogen and oxygen atoms in total. The Hall–Kier alpha value is -2.88. The zero-order valence-corrected chi connectivity index (χ0v) is 17.7. The van der Waals surface area contributed by atoms with E-state index in [1.54, 1.807) is 11.3 Å². The third-order valence-corrected chi connectivity index (χ3v) is 6.51. The van der Waals surface area contributed by atoms with Crippen LogP contribution >= 0.6 is 23.1 Å². The van der Waals surface area contributed by atoms with Gasteiger partial charge >= 0.3 is 0 Å². The second-order valence-corrected chi connectivity index (χ2v) is 8.90. The van der Waals surface area contributed by atoms with E-state index < -0.39 is 0 Å². The van der Waals surface area contributed by atoms with Gasteiger partial charge in [0.15, 0.2) is 11.0 Å². The molecule has 0 aliphatic heterocycles. The fourth-order valence-electron chi connectivity index (χ4n) is 3.05. The van der Waals surface area contributed by atoms with Crippen LogP contribution in [0, 0.1) is 18.3 Å². The molecule has 0 saturated carbocycles. The number of hydrogen-bond acceptors (Lipinski definition) is 5. The molecule has 0 radical (unpaired) electrons. The minimum Gasteiger partial charge on any atom is -0.297 e. The van der Waals surface area contributed by atoms with Crippen molar-refractivity contribution in [1.29, 1.82) is 5.26 Å². The number of thioether (sulfide) groups is 1. The van der Waals surface area contributed by atoms with Crippen LogP contribution in [0.5, 0.6) is 0 Å². The van der Waals surface area contributed by atoms with Gasteiger partial charge in [0, 0.05) is 0 Å². The Balaban J connectivity index is 1.62. The third-order valence-electron chi connectivity index (χ3n) is 4.58. The van der Waals surface area contributed by atoms with Crippen LogP contribution in [-0.4, -0.2) is 20.0 Å². The third kappa shape index (κ3) is 4.76. The molecule has 4 rings (SSSR count). The summed E-state index contributed by atoms with van der Waals surface area (Å²) >= 11 is 3.13. The fraction of sp³-hybridized carbons (Fsp3) is 0.174. The van der Waals surface area contributed by atoms with Crippen molar-refractivity contribution in [3.8, 4) is 16.8 Å². The first-order chi connectivity index (χ1) is 14.2. The van der Waals surface area contributed by atoms with E-state index in [-0.39, 0.29) is 5.25 Å². The molecule has 0 aliphatic rings. The fourth-order valence-corrected chi connectivity index (χ4v) is 4.72. The van der Waals surface area contributed by atoms with Crippen LogP contribution in [0.1, 0.15) is 16.7 Å². The summed E-state index contributed by atoms with van der Waals surface area (Å²) in [5, 5.41) is 21.2. The molecule has 0 saturated heterocycles. The molecule has 0 aliphatic carbocycles. The number of aryl methyl sites for hydroxylation is 1. The molecule has 29 heavy (non-hydrogen) atoms. The van der Waals surface area contributed by atoms with Crippen LogP contribution in [0.15, 0.2) is 77.3 Å². The van der Waals surface area contributed by atoms with Crippen molar-refractivity contribution in [3.63, 3.8) is 0 Å². The lowest BCUT2D eigenvalue weighted by Gasteiger charge is -2.12. The second kappa shape index (κ2) is 9.08. The van der Waals surface area contributed by atoms with E-state index in [4.69, 9.17) is 0 Å². The topological polar surface area (TPSA) is 54.5 Å². The summed E-state index contributed by atoms with van der Waals surface area (Å²) in [6, 6.07) is 25.1. The summed E-state index contributed by atoms with van der Waals surface area (Å²) < 4.78 is 2.12. The van der Waals surface area contributed by atoms with Gasteiger partial charge in [-0.15, -0.1) is 21.5 Å². The van der Waals surface area contributed by atoms with Gasteiger partial charge < -0.3 is 0 Å². The standard InChI is InChI=1S/C23H20N4S2/c1-17-9-11-18(12-10-17)14-20(15-24)29-23-26-25-22(21-8-5-13-28-21)27(23)16-19-6-3-2-4-7-19/h2-13,20H,14,16H2,1H3/t20-/m0/s1. The van der Waals surface area contributed by atoms with Gasteiger partial charge in [-0.2, -0.15) is 5.26 Å². The quantitative estimate of drug-likeness (QED) is 0.369. The lowest BCUT2D eigenvalue weighted by molar-refractivity contribution is 0.714. The first-order valence-electron chi connectivity index (χ1n) is 9.36. The lowest BCUT2D eigenvalue weighted by Crippen LogP contribution is -2.09. The largest absolute Gasteiger partial charge is 0.297 e. The van der Waals surface area contributed by atoms with Gasteiger partial charge in [-0.3, -0.25) is 4.57 Å². The molecule has 0 N–H and O–H groups in total. The van der Waals surface area contributed by atoms with E-state index in [1.165, 1.54) is 22.9 Å². The smallest absolute Gasteiger partial charge is 0.193 e. The van der Waals surface area contributed by atoms with Crippen LogP contribution in [0.3, 0.4) is 0 Å². The summed E-state index contributed by atoms with van der Waals surface area (Å²) in [7, 11) is 0. The predicted octanol–water partition coefficient (Wildman–Crippen LogP) is 5.59. The average Bonchev–Trinajstić information content (AvgIpc) is 3.40.